The fourth-order valence-corrected chi connectivity index (χ4v) is 3.61. The third-order valence-corrected chi connectivity index (χ3v) is 4.96. The zero-order valence-electron chi connectivity index (χ0n) is 15.0. The molecule has 0 bridgehead atoms. The number of rotatable bonds is 7. The molecule has 0 radical (unpaired) electrons. The molecule has 152 valence electrons. The average molecular weight is 441 g/mol. The van der Waals surface area contributed by atoms with E-state index in [0.29, 0.717) is 22.7 Å². The molecule has 3 rings (SSSR count). The lowest BCUT2D eigenvalue weighted by molar-refractivity contribution is -0.274. The molecule has 0 aliphatic carbocycles. The van der Waals surface area contributed by atoms with E-state index in [9.17, 15) is 18.0 Å². The molecule has 1 amide bonds. The maximum absolute atomic E-state index is 12.2. The van der Waals surface area contributed by atoms with Gasteiger partial charge in [0.25, 0.3) is 0 Å². The van der Waals surface area contributed by atoms with Gasteiger partial charge in [-0.2, -0.15) is 0 Å². The number of benzene rings is 2. The van der Waals surface area contributed by atoms with Crippen molar-refractivity contribution in [3.63, 3.8) is 0 Å². The number of hydrogen-bond donors (Lipinski definition) is 1. The van der Waals surface area contributed by atoms with Crippen molar-refractivity contribution in [1.29, 1.82) is 0 Å². The van der Waals surface area contributed by atoms with E-state index in [-0.39, 0.29) is 24.6 Å². The van der Waals surface area contributed by atoms with Crippen LogP contribution in [0, 0.1) is 0 Å². The Hall–Kier alpha value is -2.58. The van der Waals surface area contributed by atoms with Gasteiger partial charge >= 0.3 is 6.36 Å². The highest BCUT2D eigenvalue weighted by Gasteiger charge is 2.30. The van der Waals surface area contributed by atoms with Crippen LogP contribution in [0.5, 0.6) is 5.75 Å². The van der Waals surface area contributed by atoms with E-state index in [4.69, 9.17) is 11.6 Å². The van der Waals surface area contributed by atoms with Crippen molar-refractivity contribution < 1.29 is 22.7 Å². The van der Waals surface area contributed by atoms with Crippen molar-refractivity contribution in [2.45, 2.75) is 25.7 Å². The van der Waals surface area contributed by atoms with Gasteiger partial charge in [-0.15, -0.1) is 24.5 Å². The number of amides is 1. The van der Waals surface area contributed by atoms with E-state index in [0.717, 1.165) is 10.6 Å². The van der Waals surface area contributed by atoms with Crippen molar-refractivity contribution in [3.8, 4) is 5.75 Å². The summed E-state index contributed by atoms with van der Waals surface area (Å²) in [6.45, 7) is 0.199. The fraction of sp³-hybridized carbons (Fsp3) is 0.200. The van der Waals surface area contributed by atoms with Gasteiger partial charge in [-0.1, -0.05) is 35.9 Å². The fourth-order valence-electron chi connectivity index (χ4n) is 2.57. The van der Waals surface area contributed by atoms with Crippen LogP contribution in [-0.2, 0) is 24.2 Å². The molecular formula is C20H16ClF3N2O2S. The summed E-state index contributed by atoms with van der Waals surface area (Å²) in [6, 6.07) is 12.9. The smallest absolute Gasteiger partial charge is 0.406 e. The van der Waals surface area contributed by atoms with Gasteiger partial charge in [-0.25, -0.2) is 4.98 Å². The number of nitrogens with zero attached hydrogens (tertiary/aromatic N) is 1. The SMILES string of the molecule is O=C(Cc1csc(Cc2cccc(Cl)c2)n1)NCc1ccc(OC(F)(F)F)cc1. The second kappa shape index (κ2) is 9.28. The van der Waals surface area contributed by atoms with Gasteiger partial charge in [0.15, 0.2) is 0 Å². The number of carbonyl (C=O) groups excluding carboxylic acids is 1. The Balaban J connectivity index is 1.48. The average Bonchev–Trinajstić information content (AvgIpc) is 3.06. The van der Waals surface area contributed by atoms with E-state index >= 15 is 0 Å². The van der Waals surface area contributed by atoms with Crippen LogP contribution in [0.1, 0.15) is 21.8 Å². The standard InChI is InChI=1S/C20H16ClF3N2O2S/c21-15-3-1-2-14(8-15)9-19-26-16(12-29-19)10-18(27)25-11-13-4-6-17(7-5-13)28-20(22,23)24/h1-8,12H,9-11H2,(H,25,27). The summed E-state index contributed by atoms with van der Waals surface area (Å²) in [5.41, 5.74) is 2.37. The molecule has 0 aliphatic rings. The lowest BCUT2D eigenvalue weighted by atomic mass is 10.2. The van der Waals surface area contributed by atoms with Gasteiger partial charge < -0.3 is 10.1 Å². The number of alkyl halides is 3. The first-order valence-corrected chi connectivity index (χ1v) is 9.82. The second-order valence-corrected chi connectivity index (χ2v) is 7.56. The van der Waals surface area contributed by atoms with E-state index in [2.05, 4.69) is 15.0 Å². The summed E-state index contributed by atoms with van der Waals surface area (Å²) in [5, 5.41) is 6.11. The predicted molar refractivity (Wildman–Crippen MR) is 105 cm³/mol. The molecule has 29 heavy (non-hydrogen) atoms. The highest BCUT2D eigenvalue weighted by atomic mass is 35.5. The molecule has 1 heterocycles. The zero-order chi connectivity index (χ0) is 20.9. The van der Waals surface area contributed by atoms with Crippen LogP contribution in [0.4, 0.5) is 13.2 Å². The van der Waals surface area contributed by atoms with E-state index < -0.39 is 6.36 Å². The van der Waals surface area contributed by atoms with Crippen LogP contribution in [0.15, 0.2) is 53.9 Å². The predicted octanol–water partition coefficient (Wildman–Crippen LogP) is 5.14. The lowest BCUT2D eigenvalue weighted by Gasteiger charge is -2.09. The Kier molecular flexibility index (Phi) is 6.76. The molecule has 0 unspecified atom stereocenters. The quantitative estimate of drug-likeness (QED) is 0.553. The molecule has 0 saturated heterocycles. The number of carbonyl (C=O) groups is 1. The number of halogens is 4. The number of aromatic nitrogens is 1. The number of thiazole rings is 1. The lowest BCUT2D eigenvalue weighted by Crippen LogP contribution is -2.24. The summed E-state index contributed by atoms with van der Waals surface area (Å²) in [4.78, 5) is 16.6. The topological polar surface area (TPSA) is 51.2 Å². The Morgan fingerprint density at radius 2 is 1.90 bits per heavy atom. The third kappa shape index (κ3) is 7.07. The van der Waals surface area contributed by atoms with Crippen molar-refractivity contribution >= 4 is 28.8 Å². The summed E-state index contributed by atoms with van der Waals surface area (Å²) in [5.74, 6) is -0.525. The van der Waals surface area contributed by atoms with Crippen LogP contribution < -0.4 is 10.1 Å². The molecule has 1 aromatic heterocycles. The van der Waals surface area contributed by atoms with Gasteiger partial charge in [0.2, 0.25) is 5.91 Å². The summed E-state index contributed by atoms with van der Waals surface area (Å²) < 4.78 is 40.3. The Morgan fingerprint density at radius 1 is 1.14 bits per heavy atom. The van der Waals surface area contributed by atoms with Gasteiger partial charge in [0.1, 0.15) is 5.75 Å². The van der Waals surface area contributed by atoms with Gasteiger partial charge in [0, 0.05) is 23.4 Å². The van der Waals surface area contributed by atoms with Crippen LogP contribution in [0.25, 0.3) is 0 Å². The second-order valence-electron chi connectivity index (χ2n) is 6.18. The maximum atomic E-state index is 12.2. The van der Waals surface area contributed by atoms with Gasteiger partial charge in [-0.05, 0) is 35.4 Å². The monoisotopic (exact) mass is 440 g/mol. The minimum atomic E-state index is -4.73. The van der Waals surface area contributed by atoms with E-state index in [1.807, 2.05) is 23.6 Å². The number of ether oxygens (including phenoxy) is 1. The molecule has 9 heteroatoms. The highest BCUT2D eigenvalue weighted by molar-refractivity contribution is 7.09. The molecule has 3 aromatic rings. The largest absolute Gasteiger partial charge is 0.573 e. The molecule has 0 saturated carbocycles. The third-order valence-electron chi connectivity index (χ3n) is 3.83. The first-order valence-electron chi connectivity index (χ1n) is 8.56. The van der Waals surface area contributed by atoms with Crippen molar-refractivity contribution in [2.24, 2.45) is 0 Å². The Morgan fingerprint density at radius 3 is 2.59 bits per heavy atom. The summed E-state index contributed by atoms with van der Waals surface area (Å²) in [7, 11) is 0. The summed E-state index contributed by atoms with van der Waals surface area (Å²) in [6.07, 6.45) is -3.96. The molecule has 0 spiro atoms. The molecule has 0 aliphatic heterocycles. The van der Waals surface area contributed by atoms with Crippen molar-refractivity contribution in [1.82, 2.24) is 10.3 Å². The van der Waals surface area contributed by atoms with Crippen molar-refractivity contribution in [2.75, 3.05) is 0 Å². The summed E-state index contributed by atoms with van der Waals surface area (Å²) >= 11 is 7.45. The first-order chi connectivity index (χ1) is 13.8. The van der Waals surface area contributed by atoms with Gasteiger partial charge in [-0.3, -0.25) is 4.79 Å². The van der Waals surface area contributed by atoms with Crippen LogP contribution in [0.3, 0.4) is 0 Å². The zero-order valence-corrected chi connectivity index (χ0v) is 16.6. The van der Waals surface area contributed by atoms with E-state index in [1.165, 1.54) is 35.6 Å². The molecule has 1 N–H and O–H groups in total. The molecule has 0 fully saturated rings. The Labute approximate surface area is 174 Å². The van der Waals surface area contributed by atoms with Gasteiger partial charge in [0.05, 0.1) is 17.1 Å². The molecule has 4 nitrogen and oxygen atoms in total. The normalized spacial score (nSPS) is 11.3. The Bertz CT molecular complexity index is 974. The highest BCUT2D eigenvalue weighted by Crippen LogP contribution is 2.23. The maximum Gasteiger partial charge on any atom is 0.573 e. The minimum Gasteiger partial charge on any atom is -0.406 e. The van der Waals surface area contributed by atoms with Crippen LogP contribution in [-0.4, -0.2) is 17.3 Å². The molecule has 2 aromatic carbocycles. The molecule has 0 atom stereocenters. The first kappa shape index (κ1) is 21.1. The minimum absolute atomic E-state index is 0.126. The molecular weight excluding hydrogens is 425 g/mol. The number of hydrogen-bond acceptors (Lipinski definition) is 4. The number of nitrogens with one attached hydrogen (secondary N) is 1. The van der Waals surface area contributed by atoms with Crippen LogP contribution >= 0.6 is 22.9 Å². The van der Waals surface area contributed by atoms with Crippen molar-refractivity contribution in [3.05, 3.63) is 80.8 Å². The van der Waals surface area contributed by atoms with Crippen LogP contribution in [0.2, 0.25) is 5.02 Å². The van der Waals surface area contributed by atoms with E-state index in [1.54, 1.807) is 6.07 Å².